The molecular formula is C21H36IN5O. The first kappa shape index (κ1) is 23.2. The van der Waals surface area contributed by atoms with Crippen LogP contribution >= 0.6 is 24.0 Å². The highest BCUT2D eigenvalue weighted by atomic mass is 127. The number of aliphatic imine (C=N–C) groups is 1. The van der Waals surface area contributed by atoms with Crippen LogP contribution in [-0.4, -0.2) is 92.7 Å². The standard InChI is InChI=1S/C21H35N5O.HI/c1-4-22-21(23-16-18-17-24(2)14-15-25(18)3)26-12-10-20(11-13-26)27-19-8-6-5-7-9-19;/h5-9,18,20H,4,10-17H2,1-3H3,(H,22,23);1H. The van der Waals surface area contributed by atoms with Crippen LogP contribution in [0, 0.1) is 0 Å². The second-order valence-electron chi connectivity index (χ2n) is 7.71. The Morgan fingerprint density at radius 3 is 2.50 bits per heavy atom. The average molecular weight is 501 g/mol. The zero-order valence-corrected chi connectivity index (χ0v) is 19.8. The molecule has 0 aliphatic carbocycles. The molecule has 0 saturated carbocycles. The summed E-state index contributed by atoms with van der Waals surface area (Å²) in [5.74, 6) is 2.03. The highest BCUT2D eigenvalue weighted by molar-refractivity contribution is 14.0. The maximum absolute atomic E-state index is 6.13. The lowest BCUT2D eigenvalue weighted by molar-refractivity contribution is 0.118. The summed E-state index contributed by atoms with van der Waals surface area (Å²) in [6, 6.07) is 10.7. The molecule has 1 atom stereocenters. The van der Waals surface area contributed by atoms with Crippen molar-refractivity contribution < 1.29 is 4.74 Å². The summed E-state index contributed by atoms with van der Waals surface area (Å²) >= 11 is 0. The molecular weight excluding hydrogens is 465 g/mol. The van der Waals surface area contributed by atoms with Crippen LogP contribution in [0.2, 0.25) is 0 Å². The maximum atomic E-state index is 6.13. The van der Waals surface area contributed by atoms with Gasteiger partial charge in [0.2, 0.25) is 0 Å². The molecule has 28 heavy (non-hydrogen) atoms. The molecule has 2 saturated heterocycles. The average Bonchev–Trinajstić information content (AvgIpc) is 2.69. The van der Waals surface area contributed by atoms with E-state index in [4.69, 9.17) is 9.73 Å². The molecule has 2 fully saturated rings. The van der Waals surface area contributed by atoms with Crippen LogP contribution < -0.4 is 10.1 Å². The number of piperazine rings is 1. The molecule has 0 radical (unpaired) electrons. The Hall–Kier alpha value is -1.06. The van der Waals surface area contributed by atoms with Crippen LogP contribution in [0.5, 0.6) is 5.75 Å². The quantitative estimate of drug-likeness (QED) is 0.382. The first-order valence-corrected chi connectivity index (χ1v) is 10.3. The summed E-state index contributed by atoms with van der Waals surface area (Å²) in [5.41, 5.74) is 0. The first-order valence-electron chi connectivity index (χ1n) is 10.3. The predicted molar refractivity (Wildman–Crippen MR) is 127 cm³/mol. The Bertz CT molecular complexity index is 592. The van der Waals surface area contributed by atoms with Gasteiger partial charge in [0.1, 0.15) is 11.9 Å². The number of ether oxygens (including phenoxy) is 1. The van der Waals surface area contributed by atoms with Gasteiger partial charge in [-0.05, 0) is 33.2 Å². The monoisotopic (exact) mass is 501 g/mol. The fraction of sp³-hybridized carbons (Fsp3) is 0.667. The molecule has 0 bridgehead atoms. The number of piperidine rings is 1. The minimum absolute atomic E-state index is 0. The lowest BCUT2D eigenvalue weighted by Gasteiger charge is -2.38. The molecule has 0 amide bonds. The summed E-state index contributed by atoms with van der Waals surface area (Å²) < 4.78 is 6.13. The normalized spacial score (nSPS) is 22.6. The molecule has 1 aromatic carbocycles. The molecule has 7 heteroatoms. The van der Waals surface area contributed by atoms with Crippen LogP contribution in [0.15, 0.2) is 35.3 Å². The molecule has 1 unspecified atom stereocenters. The van der Waals surface area contributed by atoms with E-state index in [9.17, 15) is 0 Å². The Labute approximate surface area is 187 Å². The summed E-state index contributed by atoms with van der Waals surface area (Å²) in [4.78, 5) is 12.2. The van der Waals surface area contributed by atoms with Crippen molar-refractivity contribution in [1.29, 1.82) is 0 Å². The topological polar surface area (TPSA) is 43.3 Å². The van der Waals surface area contributed by atoms with Gasteiger partial charge >= 0.3 is 0 Å². The van der Waals surface area contributed by atoms with Gasteiger partial charge in [-0.15, -0.1) is 24.0 Å². The van der Waals surface area contributed by atoms with Crippen molar-refractivity contribution in [3.8, 4) is 5.75 Å². The Morgan fingerprint density at radius 1 is 1.11 bits per heavy atom. The van der Waals surface area contributed by atoms with Gasteiger partial charge in [-0.3, -0.25) is 9.89 Å². The molecule has 6 nitrogen and oxygen atoms in total. The van der Waals surface area contributed by atoms with Gasteiger partial charge in [-0.2, -0.15) is 0 Å². The maximum Gasteiger partial charge on any atom is 0.193 e. The highest BCUT2D eigenvalue weighted by Gasteiger charge is 2.25. The highest BCUT2D eigenvalue weighted by Crippen LogP contribution is 2.19. The molecule has 0 spiro atoms. The number of nitrogens with one attached hydrogen (secondary N) is 1. The zero-order chi connectivity index (χ0) is 19.1. The number of rotatable bonds is 5. The van der Waals surface area contributed by atoms with Crippen molar-refractivity contribution in [1.82, 2.24) is 20.0 Å². The predicted octanol–water partition coefficient (Wildman–Crippen LogP) is 2.36. The Morgan fingerprint density at radius 2 is 1.82 bits per heavy atom. The number of halogens is 1. The number of benzene rings is 1. The zero-order valence-electron chi connectivity index (χ0n) is 17.5. The van der Waals surface area contributed by atoms with Crippen molar-refractivity contribution >= 4 is 29.9 Å². The van der Waals surface area contributed by atoms with Crippen LogP contribution in [0.25, 0.3) is 0 Å². The van der Waals surface area contributed by atoms with E-state index in [1.54, 1.807) is 0 Å². The molecule has 2 heterocycles. The second-order valence-corrected chi connectivity index (χ2v) is 7.71. The van der Waals surface area contributed by atoms with E-state index in [1.165, 1.54) is 0 Å². The largest absolute Gasteiger partial charge is 0.490 e. The molecule has 0 aromatic heterocycles. The van der Waals surface area contributed by atoms with Crippen LogP contribution in [-0.2, 0) is 0 Å². The van der Waals surface area contributed by atoms with E-state index in [0.717, 1.165) is 70.4 Å². The number of para-hydroxylation sites is 1. The van der Waals surface area contributed by atoms with Crippen molar-refractivity contribution in [2.45, 2.75) is 31.9 Å². The third-order valence-corrected chi connectivity index (χ3v) is 5.55. The van der Waals surface area contributed by atoms with Crippen molar-refractivity contribution in [2.24, 2.45) is 4.99 Å². The summed E-state index contributed by atoms with van der Waals surface area (Å²) in [6.45, 7) is 9.23. The fourth-order valence-corrected chi connectivity index (χ4v) is 3.79. The van der Waals surface area contributed by atoms with E-state index in [1.807, 2.05) is 30.3 Å². The Balaban J connectivity index is 0.00000280. The van der Waals surface area contributed by atoms with Gasteiger partial charge in [0.25, 0.3) is 0 Å². The van der Waals surface area contributed by atoms with Crippen molar-refractivity contribution in [3.05, 3.63) is 30.3 Å². The van der Waals surface area contributed by atoms with Gasteiger partial charge in [-0.25, -0.2) is 0 Å². The van der Waals surface area contributed by atoms with E-state index >= 15 is 0 Å². The molecule has 2 aliphatic heterocycles. The molecule has 2 aliphatic rings. The van der Waals surface area contributed by atoms with Crippen LogP contribution in [0.1, 0.15) is 19.8 Å². The summed E-state index contributed by atoms with van der Waals surface area (Å²) in [7, 11) is 4.42. The fourth-order valence-electron chi connectivity index (χ4n) is 3.79. The van der Waals surface area contributed by atoms with Gasteiger partial charge in [0.15, 0.2) is 5.96 Å². The molecule has 3 rings (SSSR count). The lowest BCUT2D eigenvalue weighted by atomic mass is 10.1. The summed E-state index contributed by atoms with van der Waals surface area (Å²) in [5, 5.41) is 3.49. The van der Waals surface area contributed by atoms with Crippen LogP contribution in [0.3, 0.4) is 0 Å². The number of hydrogen-bond acceptors (Lipinski definition) is 4. The van der Waals surface area contributed by atoms with E-state index in [0.29, 0.717) is 12.1 Å². The Kier molecular flexibility index (Phi) is 9.81. The van der Waals surface area contributed by atoms with Gasteiger partial charge < -0.3 is 19.9 Å². The van der Waals surface area contributed by atoms with Crippen molar-refractivity contribution in [2.75, 3.05) is 59.9 Å². The molecule has 158 valence electrons. The first-order chi connectivity index (χ1) is 13.2. The lowest BCUT2D eigenvalue weighted by Crippen LogP contribution is -2.52. The number of hydrogen-bond donors (Lipinski definition) is 1. The third kappa shape index (κ3) is 6.77. The molecule has 1 N–H and O–H groups in total. The number of likely N-dealkylation sites (tertiary alicyclic amines) is 1. The number of guanidine groups is 1. The van der Waals surface area contributed by atoms with E-state index in [2.05, 4.69) is 41.0 Å². The van der Waals surface area contributed by atoms with E-state index in [-0.39, 0.29) is 24.0 Å². The van der Waals surface area contributed by atoms with Crippen molar-refractivity contribution in [3.63, 3.8) is 0 Å². The second kappa shape index (κ2) is 11.8. The third-order valence-electron chi connectivity index (χ3n) is 5.55. The SMILES string of the molecule is CCNC(=NCC1CN(C)CCN1C)N1CCC(Oc2ccccc2)CC1.I. The smallest absolute Gasteiger partial charge is 0.193 e. The number of likely N-dealkylation sites (N-methyl/N-ethyl adjacent to an activating group) is 2. The van der Waals surface area contributed by atoms with Gasteiger partial charge in [0, 0.05) is 58.2 Å². The number of nitrogens with zero attached hydrogens (tertiary/aromatic N) is 4. The van der Waals surface area contributed by atoms with Gasteiger partial charge in [0.05, 0.1) is 6.54 Å². The minimum Gasteiger partial charge on any atom is -0.490 e. The molecule has 1 aromatic rings. The van der Waals surface area contributed by atoms with E-state index < -0.39 is 0 Å². The minimum atomic E-state index is 0. The van der Waals surface area contributed by atoms with Crippen LogP contribution in [0.4, 0.5) is 0 Å². The summed E-state index contributed by atoms with van der Waals surface area (Å²) in [6.07, 6.45) is 2.36. The van der Waals surface area contributed by atoms with Gasteiger partial charge in [-0.1, -0.05) is 18.2 Å².